The number of hydrogen-bond donors (Lipinski definition) is 1. The van der Waals surface area contributed by atoms with Crippen molar-refractivity contribution in [1.82, 2.24) is 4.98 Å². The van der Waals surface area contributed by atoms with Crippen LogP contribution in [0.4, 0.5) is 5.82 Å². The Morgan fingerprint density at radius 3 is 2.20 bits per heavy atom. The van der Waals surface area contributed by atoms with Crippen LogP contribution in [0.5, 0.6) is 0 Å². The molecular weight excluding hydrogens is 246 g/mol. The highest BCUT2D eigenvalue weighted by Gasteiger charge is 2.30. The lowest BCUT2D eigenvalue weighted by Gasteiger charge is -2.25. The van der Waals surface area contributed by atoms with E-state index in [2.05, 4.69) is 30.9 Å². The Balaban J connectivity index is 1.84. The van der Waals surface area contributed by atoms with E-state index >= 15 is 0 Å². The number of anilines is 1. The van der Waals surface area contributed by atoms with Crippen LogP contribution in [0.15, 0.2) is 12.1 Å². The summed E-state index contributed by atoms with van der Waals surface area (Å²) in [7, 11) is 0. The SMILES string of the molecule is CC(C)c1cc(CN)cc(N(CC2CC2)CC2CC2)n1. The first kappa shape index (κ1) is 13.9. The van der Waals surface area contributed by atoms with Crippen LogP contribution in [0.1, 0.15) is 56.7 Å². The van der Waals surface area contributed by atoms with Crippen LogP contribution in [-0.4, -0.2) is 18.1 Å². The van der Waals surface area contributed by atoms with Crippen molar-refractivity contribution >= 4 is 5.82 Å². The zero-order chi connectivity index (χ0) is 14.1. The summed E-state index contributed by atoms with van der Waals surface area (Å²) >= 11 is 0. The topological polar surface area (TPSA) is 42.1 Å². The Kier molecular flexibility index (Phi) is 3.97. The molecule has 2 fully saturated rings. The predicted molar refractivity (Wildman–Crippen MR) is 83.9 cm³/mol. The number of aromatic nitrogens is 1. The van der Waals surface area contributed by atoms with Gasteiger partial charge in [-0.2, -0.15) is 0 Å². The van der Waals surface area contributed by atoms with E-state index in [1.54, 1.807) is 0 Å². The van der Waals surface area contributed by atoms with E-state index < -0.39 is 0 Å². The Bertz CT molecular complexity index is 447. The van der Waals surface area contributed by atoms with Crippen molar-refractivity contribution in [1.29, 1.82) is 0 Å². The second kappa shape index (κ2) is 5.72. The van der Waals surface area contributed by atoms with Gasteiger partial charge in [0.2, 0.25) is 0 Å². The van der Waals surface area contributed by atoms with Crippen LogP contribution in [-0.2, 0) is 6.54 Å². The van der Waals surface area contributed by atoms with Crippen molar-refractivity contribution in [2.75, 3.05) is 18.0 Å². The molecular formula is C17H27N3. The molecule has 1 heterocycles. The van der Waals surface area contributed by atoms with Gasteiger partial charge in [-0.25, -0.2) is 4.98 Å². The molecule has 2 aliphatic carbocycles. The highest BCUT2D eigenvalue weighted by molar-refractivity contribution is 5.44. The average Bonchev–Trinajstić information content (AvgIpc) is 3.32. The number of rotatable bonds is 7. The van der Waals surface area contributed by atoms with Gasteiger partial charge in [0.1, 0.15) is 5.82 Å². The first-order valence-corrected chi connectivity index (χ1v) is 8.11. The van der Waals surface area contributed by atoms with Crippen molar-refractivity contribution in [3.05, 3.63) is 23.4 Å². The van der Waals surface area contributed by atoms with Gasteiger partial charge >= 0.3 is 0 Å². The summed E-state index contributed by atoms with van der Waals surface area (Å²) < 4.78 is 0. The molecule has 2 N–H and O–H groups in total. The number of nitrogens with two attached hydrogens (primary N) is 1. The Labute approximate surface area is 122 Å². The van der Waals surface area contributed by atoms with Gasteiger partial charge in [0.25, 0.3) is 0 Å². The monoisotopic (exact) mass is 273 g/mol. The number of pyridine rings is 1. The fourth-order valence-corrected chi connectivity index (χ4v) is 2.66. The Morgan fingerprint density at radius 1 is 1.15 bits per heavy atom. The third-order valence-electron chi connectivity index (χ3n) is 4.39. The smallest absolute Gasteiger partial charge is 0.129 e. The molecule has 110 valence electrons. The molecule has 2 saturated carbocycles. The van der Waals surface area contributed by atoms with E-state index in [-0.39, 0.29) is 0 Å². The molecule has 0 atom stereocenters. The van der Waals surface area contributed by atoms with Crippen molar-refractivity contribution in [3.63, 3.8) is 0 Å². The third kappa shape index (κ3) is 3.51. The Hall–Kier alpha value is -1.09. The average molecular weight is 273 g/mol. The maximum Gasteiger partial charge on any atom is 0.129 e. The second-order valence-corrected chi connectivity index (χ2v) is 6.91. The zero-order valence-corrected chi connectivity index (χ0v) is 12.8. The standard InChI is InChI=1S/C17H27N3/c1-12(2)16-7-15(9-18)8-17(19-16)20(10-13-3-4-13)11-14-5-6-14/h7-8,12-14H,3-6,9-11,18H2,1-2H3. The van der Waals surface area contributed by atoms with Crippen molar-refractivity contribution < 1.29 is 0 Å². The molecule has 0 aromatic carbocycles. The van der Waals surface area contributed by atoms with E-state index in [1.165, 1.54) is 50.0 Å². The minimum absolute atomic E-state index is 0.462. The molecule has 1 aromatic heterocycles. The number of hydrogen-bond acceptors (Lipinski definition) is 3. The van der Waals surface area contributed by atoms with Gasteiger partial charge < -0.3 is 10.6 Å². The lowest BCUT2D eigenvalue weighted by atomic mass is 10.1. The summed E-state index contributed by atoms with van der Waals surface area (Å²) in [5.41, 5.74) is 8.27. The van der Waals surface area contributed by atoms with E-state index in [0.29, 0.717) is 12.5 Å². The summed E-state index contributed by atoms with van der Waals surface area (Å²) in [6.07, 6.45) is 5.59. The summed E-state index contributed by atoms with van der Waals surface area (Å²) in [4.78, 5) is 7.44. The van der Waals surface area contributed by atoms with Crippen LogP contribution in [0.3, 0.4) is 0 Å². The maximum atomic E-state index is 5.87. The predicted octanol–water partition coefficient (Wildman–Crippen LogP) is 3.29. The minimum atomic E-state index is 0.462. The molecule has 3 nitrogen and oxygen atoms in total. The van der Waals surface area contributed by atoms with Crippen LogP contribution in [0, 0.1) is 11.8 Å². The summed E-state index contributed by atoms with van der Waals surface area (Å²) in [6.45, 7) is 7.40. The molecule has 0 bridgehead atoms. The summed E-state index contributed by atoms with van der Waals surface area (Å²) in [5, 5.41) is 0. The third-order valence-corrected chi connectivity index (χ3v) is 4.39. The molecule has 0 spiro atoms. The zero-order valence-electron chi connectivity index (χ0n) is 12.8. The van der Waals surface area contributed by atoms with Crippen LogP contribution >= 0.6 is 0 Å². The first-order valence-electron chi connectivity index (χ1n) is 8.11. The maximum absolute atomic E-state index is 5.87. The van der Waals surface area contributed by atoms with Gasteiger partial charge in [-0.3, -0.25) is 0 Å². The molecule has 0 unspecified atom stereocenters. The van der Waals surface area contributed by atoms with Gasteiger partial charge in [0.15, 0.2) is 0 Å². The lowest BCUT2D eigenvalue weighted by Crippen LogP contribution is -2.29. The molecule has 1 aromatic rings. The molecule has 0 saturated heterocycles. The lowest BCUT2D eigenvalue weighted by molar-refractivity contribution is 0.666. The van der Waals surface area contributed by atoms with E-state index in [4.69, 9.17) is 10.7 Å². The fraction of sp³-hybridized carbons (Fsp3) is 0.706. The highest BCUT2D eigenvalue weighted by Crippen LogP contribution is 2.35. The molecule has 20 heavy (non-hydrogen) atoms. The van der Waals surface area contributed by atoms with E-state index in [0.717, 1.165) is 17.7 Å². The largest absolute Gasteiger partial charge is 0.356 e. The minimum Gasteiger partial charge on any atom is -0.356 e. The van der Waals surface area contributed by atoms with Crippen molar-refractivity contribution in [3.8, 4) is 0 Å². The van der Waals surface area contributed by atoms with Crippen LogP contribution in [0.2, 0.25) is 0 Å². The quantitative estimate of drug-likeness (QED) is 0.829. The van der Waals surface area contributed by atoms with Gasteiger partial charge in [0.05, 0.1) is 0 Å². The van der Waals surface area contributed by atoms with Gasteiger partial charge in [-0.05, 0) is 61.1 Å². The highest BCUT2D eigenvalue weighted by atomic mass is 15.2. The summed E-state index contributed by atoms with van der Waals surface area (Å²) in [6, 6.07) is 4.37. The molecule has 3 rings (SSSR count). The summed E-state index contributed by atoms with van der Waals surface area (Å²) in [5.74, 6) is 3.43. The normalized spacial score (nSPS) is 18.6. The number of nitrogens with zero attached hydrogens (tertiary/aromatic N) is 2. The van der Waals surface area contributed by atoms with Gasteiger partial charge in [-0.1, -0.05) is 13.8 Å². The van der Waals surface area contributed by atoms with Crippen molar-refractivity contribution in [2.45, 2.75) is 52.0 Å². The molecule has 0 radical (unpaired) electrons. The van der Waals surface area contributed by atoms with E-state index in [1.807, 2.05) is 0 Å². The van der Waals surface area contributed by atoms with E-state index in [9.17, 15) is 0 Å². The first-order chi connectivity index (χ1) is 9.65. The Morgan fingerprint density at radius 2 is 1.75 bits per heavy atom. The van der Waals surface area contributed by atoms with Gasteiger partial charge in [-0.15, -0.1) is 0 Å². The fourth-order valence-electron chi connectivity index (χ4n) is 2.66. The second-order valence-electron chi connectivity index (χ2n) is 6.91. The van der Waals surface area contributed by atoms with Crippen molar-refractivity contribution in [2.24, 2.45) is 17.6 Å². The van der Waals surface area contributed by atoms with Crippen LogP contribution in [0.25, 0.3) is 0 Å². The van der Waals surface area contributed by atoms with Crippen LogP contribution < -0.4 is 10.6 Å². The molecule has 2 aliphatic rings. The molecule has 3 heteroatoms. The van der Waals surface area contributed by atoms with Gasteiger partial charge in [0, 0.05) is 25.3 Å². The molecule has 0 amide bonds. The molecule has 0 aliphatic heterocycles.